The number of nitrogens with zero attached hydrogens (tertiary/aromatic N) is 3. The highest BCUT2D eigenvalue weighted by Gasteiger charge is 2.35. The Morgan fingerprint density at radius 3 is 2.74 bits per heavy atom. The third-order valence-corrected chi connectivity index (χ3v) is 8.24. The van der Waals surface area contributed by atoms with Crippen molar-refractivity contribution in [2.75, 3.05) is 25.6 Å². The van der Waals surface area contributed by atoms with Crippen molar-refractivity contribution >= 4 is 33.7 Å². The van der Waals surface area contributed by atoms with Crippen LogP contribution in [0, 0.1) is 6.92 Å². The van der Waals surface area contributed by atoms with Crippen LogP contribution >= 0.6 is 0 Å². The van der Waals surface area contributed by atoms with E-state index in [9.17, 15) is 22.8 Å². The molecule has 2 aliphatic heterocycles. The molecule has 0 spiro atoms. The third kappa shape index (κ3) is 6.81. The lowest BCUT2D eigenvalue weighted by Crippen LogP contribution is -2.52. The fraction of sp³-hybridized carbons (Fsp3) is 0.480. The molecule has 39 heavy (non-hydrogen) atoms. The first-order valence-electron chi connectivity index (χ1n) is 12.6. The smallest absolute Gasteiger partial charge is 0.412 e. The van der Waals surface area contributed by atoms with Gasteiger partial charge >= 0.3 is 6.09 Å². The minimum Gasteiger partial charge on any atom is -0.493 e. The molecular weight excluding hydrogens is 528 g/mol. The van der Waals surface area contributed by atoms with Gasteiger partial charge in [0.2, 0.25) is 21.8 Å². The van der Waals surface area contributed by atoms with Crippen molar-refractivity contribution in [2.45, 2.75) is 63.1 Å². The average Bonchev–Trinajstić information content (AvgIpc) is 3.33. The van der Waals surface area contributed by atoms with Gasteiger partial charge in [-0.1, -0.05) is 6.07 Å². The van der Waals surface area contributed by atoms with Gasteiger partial charge in [-0.3, -0.25) is 14.9 Å². The first kappa shape index (κ1) is 28.2. The molecule has 2 aromatic rings. The Balaban J connectivity index is 1.38. The van der Waals surface area contributed by atoms with Gasteiger partial charge in [0.1, 0.15) is 11.8 Å². The van der Waals surface area contributed by atoms with E-state index in [-0.39, 0.29) is 29.8 Å². The zero-order valence-electron chi connectivity index (χ0n) is 22.0. The fourth-order valence-electron chi connectivity index (χ4n) is 4.52. The number of rotatable bonds is 8. The maximum absolute atomic E-state index is 13.4. The number of nitrogens with one attached hydrogen (secondary N) is 3. The Labute approximate surface area is 226 Å². The van der Waals surface area contributed by atoms with Gasteiger partial charge in [-0.25, -0.2) is 13.2 Å². The SMILES string of the molecule is COC(=O)Nc1cc(C)c(CNC(=O)CN2C(=O)[C@@H](NS(=O)(=O)c3ccc4c(c3)OCC4)CCC[C@H]2C)nn1. The minimum atomic E-state index is -3.99. The number of methoxy groups -OCH3 is 1. The predicted octanol–water partition coefficient (Wildman–Crippen LogP) is 1.26. The molecule has 0 aliphatic carbocycles. The number of anilines is 1. The summed E-state index contributed by atoms with van der Waals surface area (Å²) in [7, 11) is -2.76. The number of carbonyl (C=O) groups is 3. The highest BCUT2D eigenvalue weighted by atomic mass is 32.2. The van der Waals surface area contributed by atoms with E-state index < -0.39 is 34.0 Å². The molecule has 3 heterocycles. The number of amides is 3. The van der Waals surface area contributed by atoms with Gasteiger partial charge in [0, 0.05) is 18.5 Å². The van der Waals surface area contributed by atoms with Crippen molar-refractivity contribution in [1.82, 2.24) is 25.1 Å². The lowest BCUT2D eigenvalue weighted by atomic mass is 10.1. The summed E-state index contributed by atoms with van der Waals surface area (Å²) in [6.45, 7) is 3.92. The second-order valence-corrected chi connectivity index (χ2v) is 11.3. The number of hydrogen-bond acceptors (Lipinski definition) is 9. The molecule has 0 radical (unpaired) electrons. The number of likely N-dealkylation sites (tertiary alicyclic amines) is 1. The number of benzene rings is 1. The standard InChI is InChI=1S/C25H32N6O7S/c1-15-11-22(27-25(34)37-3)29-28-20(15)13-26-23(32)14-31-16(2)5-4-6-19(24(31)33)30-39(35,36)18-8-7-17-9-10-38-21(17)12-18/h7-8,11-12,16,19,30H,4-6,9-10,13-14H2,1-3H3,(H,26,32)(H,27,29,34)/t16-,19+/m1/s1. The largest absolute Gasteiger partial charge is 0.493 e. The highest BCUT2D eigenvalue weighted by Crippen LogP contribution is 2.28. The van der Waals surface area contributed by atoms with Gasteiger partial charge in [-0.2, -0.15) is 9.82 Å². The normalized spacial score (nSPS) is 19.1. The maximum Gasteiger partial charge on any atom is 0.412 e. The van der Waals surface area contributed by atoms with Crippen LogP contribution < -0.4 is 20.1 Å². The molecule has 3 N–H and O–H groups in total. The summed E-state index contributed by atoms with van der Waals surface area (Å²) >= 11 is 0. The zero-order valence-corrected chi connectivity index (χ0v) is 22.8. The summed E-state index contributed by atoms with van der Waals surface area (Å²) in [5.74, 6) is -0.136. The molecule has 13 nitrogen and oxygen atoms in total. The van der Waals surface area contributed by atoms with E-state index in [0.29, 0.717) is 42.9 Å². The van der Waals surface area contributed by atoms with Gasteiger partial charge in [0.25, 0.3) is 0 Å². The monoisotopic (exact) mass is 560 g/mol. The van der Waals surface area contributed by atoms with Crippen LogP contribution in [-0.2, 0) is 37.3 Å². The molecule has 2 atom stereocenters. The number of ether oxygens (including phenoxy) is 2. The third-order valence-electron chi connectivity index (χ3n) is 6.77. The van der Waals surface area contributed by atoms with Crippen LogP contribution in [0.5, 0.6) is 5.75 Å². The topological polar surface area (TPSA) is 169 Å². The second kappa shape index (κ2) is 11.9. The Morgan fingerprint density at radius 2 is 2.00 bits per heavy atom. The van der Waals surface area contributed by atoms with Crippen molar-refractivity contribution in [3.8, 4) is 5.75 Å². The minimum absolute atomic E-state index is 0.0295. The van der Waals surface area contributed by atoms with Crippen LogP contribution in [0.15, 0.2) is 29.2 Å². The molecule has 0 saturated carbocycles. The Hall–Kier alpha value is -3.78. The van der Waals surface area contributed by atoms with Crippen molar-refractivity contribution in [3.63, 3.8) is 0 Å². The summed E-state index contributed by atoms with van der Waals surface area (Å²) < 4.78 is 38.8. The number of fused-ring (bicyclic) bond motifs is 1. The summed E-state index contributed by atoms with van der Waals surface area (Å²) in [5.41, 5.74) is 2.11. The number of sulfonamides is 1. The maximum atomic E-state index is 13.4. The lowest BCUT2D eigenvalue weighted by Gasteiger charge is -2.29. The van der Waals surface area contributed by atoms with Gasteiger partial charge in [-0.05, 0) is 56.4 Å². The number of hydrogen-bond donors (Lipinski definition) is 3. The van der Waals surface area contributed by atoms with Crippen molar-refractivity contribution in [2.24, 2.45) is 0 Å². The van der Waals surface area contributed by atoms with E-state index >= 15 is 0 Å². The molecule has 0 unspecified atom stereocenters. The molecule has 1 fully saturated rings. The van der Waals surface area contributed by atoms with E-state index in [1.165, 1.54) is 24.1 Å². The molecule has 1 saturated heterocycles. The van der Waals surface area contributed by atoms with E-state index in [1.54, 1.807) is 19.1 Å². The Bertz CT molecular complexity index is 1370. The lowest BCUT2D eigenvalue weighted by molar-refractivity contribution is -0.138. The average molecular weight is 561 g/mol. The van der Waals surface area contributed by atoms with Crippen LogP contribution in [0.25, 0.3) is 0 Å². The molecule has 2 aliphatic rings. The summed E-state index contributed by atoms with van der Waals surface area (Å²) in [6.07, 6.45) is 1.62. The Morgan fingerprint density at radius 1 is 1.21 bits per heavy atom. The van der Waals surface area contributed by atoms with Crippen LogP contribution in [0.3, 0.4) is 0 Å². The van der Waals surface area contributed by atoms with Crippen LogP contribution in [0.2, 0.25) is 0 Å². The predicted molar refractivity (Wildman–Crippen MR) is 139 cm³/mol. The molecule has 14 heteroatoms. The van der Waals surface area contributed by atoms with E-state index in [0.717, 1.165) is 12.0 Å². The van der Waals surface area contributed by atoms with Crippen molar-refractivity contribution in [1.29, 1.82) is 0 Å². The molecular formula is C25H32N6O7S. The van der Waals surface area contributed by atoms with Gasteiger partial charge in [0.15, 0.2) is 5.82 Å². The molecule has 210 valence electrons. The highest BCUT2D eigenvalue weighted by molar-refractivity contribution is 7.89. The zero-order chi connectivity index (χ0) is 28.2. The molecule has 1 aromatic heterocycles. The van der Waals surface area contributed by atoms with E-state index in [2.05, 4.69) is 30.3 Å². The molecule has 4 rings (SSSR count). The quantitative estimate of drug-likeness (QED) is 0.430. The summed E-state index contributed by atoms with van der Waals surface area (Å²) in [4.78, 5) is 39.0. The van der Waals surface area contributed by atoms with Crippen LogP contribution in [0.4, 0.5) is 10.6 Å². The van der Waals surface area contributed by atoms with Gasteiger partial charge in [-0.15, -0.1) is 5.10 Å². The number of carbonyl (C=O) groups excluding carboxylic acids is 3. The molecule has 1 aromatic carbocycles. The summed E-state index contributed by atoms with van der Waals surface area (Å²) in [5, 5.41) is 13.1. The number of aromatic nitrogens is 2. The van der Waals surface area contributed by atoms with Crippen LogP contribution in [-0.4, -0.2) is 73.8 Å². The van der Waals surface area contributed by atoms with Gasteiger partial charge in [0.05, 0.1) is 37.4 Å². The number of aryl methyl sites for hydroxylation is 1. The molecule has 3 amide bonds. The van der Waals surface area contributed by atoms with Crippen molar-refractivity contribution in [3.05, 3.63) is 41.1 Å². The first-order chi connectivity index (χ1) is 18.6. The fourth-order valence-corrected chi connectivity index (χ4v) is 5.76. The van der Waals surface area contributed by atoms with E-state index in [4.69, 9.17) is 4.74 Å². The summed E-state index contributed by atoms with van der Waals surface area (Å²) in [6, 6.07) is 5.05. The second-order valence-electron chi connectivity index (χ2n) is 9.54. The Kier molecular flexibility index (Phi) is 8.65. The van der Waals surface area contributed by atoms with E-state index in [1.807, 2.05) is 6.92 Å². The van der Waals surface area contributed by atoms with Gasteiger partial charge < -0.3 is 19.7 Å². The van der Waals surface area contributed by atoms with Crippen molar-refractivity contribution < 1.29 is 32.3 Å². The molecule has 0 bridgehead atoms. The first-order valence-corrected chi connectivity index (χ1v) is 14.1. The van der Waals surface area contributed by atoms with Crippen LogP contribution in [0.1, 0.15) is 43.0 Å².